The van der Waals surface area contributed by atoms with Crippen molar-refractivity contribution < 1.29 is 19.7 Å². The quantitative estimate of drug-likeness (QED) is 0.273. The molecule has 3 aromatic heterocycles. The number of carboxylic acid groups (broad SMARTS) is 1. The van der Waals surface area contributed by atoms with Crippen LogP contribution in [-0.4, -0.2) is 67.0 Å². The highest BCUT2D eigenvalue weighted by atomic mass is 35.5. The highest BCUT2D eigenvalue weighted by molar-refractivity contribution is 7.18. The van der Waals surface area contributed by atoms with Crippen LogP contribution in [0.15, 0.2) is 34.4 Å². The number of fused-ring (bicyclic) bond motifs is 2. The molecule has 226 valence electrons. The summed E-state index contributed by atoms with van der Waals surface area (Å²) in [6, 6.07) is 7.87. The fourth-order valence-corrected chi connectivity index (χ4v) is 7.71. The molecule has 11 heteroatoms. The molecule has 4 aromatic rings. The minimum Gasteiger partial charge on any atom is -0.491 e. The first-order chi connectivity index (χ1) is 20.4. The molecule has 43 heavy (non-hydrogen) atoms. The first-order valence-corrected chi connectivity index (χ1v) is 15.8. The second-order valence-electron chi connectivity index (χ2n) is 12.1. The molecule has 0 radical (unpaired) electrons. The van der Waals surface area contributed by atoms with Crippen LogP contribution in [0.2, 0.25) is 5.02 Å². The number of aromatic nitrogens is 3. The number of carbonyl (C=O) groups is 1. The number of halogens is 1. The summed E-state index contributed by atoms with van der Waals surface area (Å²) in [5.41, 5.74) is 3.94. The van der Waals surface area contributed by atoms with Gasteiger partial charge in [-0.25, -0.2) is 9.78 Å². The molecule has 0 saturated heterocycles. The largest absolute Gasteiger partial charge is 0.491 e. The molecular weight excluding hydrogens is 588 g/mol. The Hall–Kier alpha value is -3.31. The Bertz CT molecular complexity index is 1790. The first-order valence-electron chi connectivity index (χ1n) is 14.5. The van der Waals surface area contributed by atoms with Gasteiger partial charge in [-0.15, -0.1) is 11.3 Å². The van der Waals surface area contributed by atoms with E-state index in [2.05, 4.69) is 16.9 Å². The van der Waals surface area contributed by atoms with Gasteiger partial charge in [0.2, 0.25) is 0 Å². The molecule has 0 spiro atoms. The van der Waals surface area contributed by atoms with E-state index in [1.54, 1.807) is 22.1 Å². The molecular formula is C32H35ClN4O5S. The van der Waals surface area contributed by atoms with E-state index < -0.39 is 11.6 Å². The molecule has 6 rings (SSSR count). The third kappa shape index (κ3) is 5.69. The number of hydrogen-bond donors (Lipinski definition) is 2. The Morgan fingerprint density at radius 1 is 1.21 bits per heavy atom. The average Bonchev–Trinajstić information content (AvgIpc) is 3.37. The molecule has 0 unspecified atom stereocenters. The van der Waals surface area contributed by atoms with Crippen LogP contribution in [0.25, 0.3) is 21.3 Å². The van der Waals surface area contributed by atoms with E-state index in [-0.39, 0.29) is 23.8 Å². The van der Waals surface area contributed by atoms with E-state index >= 15 is 0 Å². The molecule has 2 N–H and O–H groups in total. The van der Waals surface area contributed by atoms with Crippen LogP contribution >= 0.6 is 22.9 Å². The predicted octanol–water partition coefficient (Wildman–Crippen LogP) is 5.27. The highest BCUT2D eigenvalue weighted by Crippen LogP contribution is 2.40. The maximum atomic E-state index is 13.7. The predicted molar refractivity (Wildman–Crippen MR) is 168 cm³/mol. The van der Waals surface area contributed by atoms with Gasteiger partial charge in [0.05, 0.1) is 33.6 Å². The number of aryl methyl sites for hydroxylation is 3. The summed E-state index contributed by atoms with van der Waals surface area (Å²) < 4.78 is 8.71. The molecule has 0 bridgehead atoms. The van der Waals surface area contributed by atoms with Crippen molar-refractivity contribution in [2.45, 2.75) is 77.1 Å². The van der Waals surface area contributed by atoms with Gasteiger partial charge in [-0.1, -0.05) is 11.6 Å². The Labute approximate surface area is 258 Å². The number of aromatic carboxylic acids is 1. The number of likely N-dealkylation sites (N-methyl/N-ethyl adjacent to an activating group) is 1. The van der Waals surface area contributed by atoms with Crippen molar-refractivity contribution in [2.24, 2.45) is 0 Å². The molecule has 0 amide bonds. The zero-order valence-electron chi connectivity index (χ0n) is 24.7. The molecule has 9 nitrogen and oxygen atoms in total. The fraction of sp³-hybridized carbons (Fsp3) is 0.438. The third-order valence-electron chi connectivity index (χ3n) is 8.88. The smallest absolute Gasteiger partial charge is 0.338 e. The van der Waals surface area contributed by atoms with E-state index in [9.17, 15) is 19.8 Å². The highest BCUT2D eigenvalue weighted by Gasteiger charge is 2.42. The van der Waals surface area contributed by atoms with Gasteiger partial charge in [0.15, 0.2) is 0 Å². The topological polar surface area (TPSA) is 118 Å². The van der Waals surface area contributed by atoms with Crippen molar-refractivity contribution in [3.05, 3.63) is 73.4 Å². The first kappa shape index (κ1) is 29.7. The lowest BCUT2D eigenvalue weighted by Crippen LogP contribution is -2.56. The number of nitrogens with zero attached hydrogens (tertiary/aromatic N) is 4. The summed E-state index contributed by atoms with van der Waals surface area (Å²) in [7, 11) is 2.10. The number of rotatable bonds is 8. The minimum atomic E-state index is -1.02. The van der Waals surface area contributed by atoms with Crippen molar-refractivity contribution in [2.75, 3.05) is 13.7 Å². The van der Waals surface area contributed by atoms with E-state index in [0.717, 1.165) is 52.8 Å². The van der Waals surface area contributed by atoms with Crippen molar-refractivity contribution in [3.8, 4) is 16.9 Å². The lowest BCUT2D eigenvalue weighted by atomic mass is 9.75. The average molecular weight is 623 g/mol. The van der Waals surface area contributed by atoms with Crippen molar-refractivity contribution >= 4 is 39.1 Å². The number of benzene rings is 1. The number of pyridine rings is 1. The van der Waals surface area contributed by atoms with Crippen LogP contribution in [0, 0.1) is 13.8 Å². The zero-order chi connectivity index (χ0) is 30.6. The third-order valence-corrected chi connectivity index (χ3v) is 10.1. The second-order valence-corrected chi connectivity index (χ2v) is 13.4. The molecule has 0 aliphatic heterocycles. The maximum Gasteiger partial charge on any atom is 0.338 e. The summed E-state index contributed by atoms with van der Waals surface area (Å²) in [5, 5.41) is 22.0. The summed E-state index contributed by atoms with van der Waals surface area (Å²) in [6.45, 7) is 6.10. The summed E-state index contributed by atoms with van der Waals surface area (Å²) >= 11 is 7.70. The van der Waals surface area contributed by atoms with Gasteiger partial charge in [0.1, 0.15) is 18.2 Å². The molecule has 1 fully saturated rings. The van der Waals surface area contributed by atoms with Crippen molar-refractivity contribution in [3.63, 3.8) is 0 Å². The Morgan fingerprint density at radius 3 is 2.70 bits per heavy atom. The molecule has 1 atom stereocenters. The van der Waals surface area contributed by atoms with Crippen LogP contribution < -0.4 is 10.3 Å². The van der Waals surface area contributed by atoms with E-state index in [1.807, 2.05) is 32.9 Å². The van der Waals surface area contributed by atoms with Gasteiger partial charge in [0, 0.05) is 44.9 Å². The van der Waals surface area contributed by atoms with Gasteiger partial charge in [-0.05, 0) is 84.2 Å². The van der Waals surface area contributed by atoms with Crippen LogP contribution in [0.5, 0.6) is 5.75 Å². The standard InChI is InChI=1S/C32H35ClN4O5S/c1-17-11-23(29-28(34-17)25(16-43-29)31(39)40)22-7-5-19(33)12-27(22)42-10-9-37-18(2)35-26-8-6-20(13-24(26)30(37)38)36(4)21-14-32(3,41)15-21/h5,7,11-12,16,20-21,41H,6,8-10,13-15H2,1-4H3,(H,39,40)/t20-,21?,32?/m1/s1. The SMILES string of the molecule is Cc1cc(-c2ccc(Cl)cc2OCCn2c(C)nc3c(c2=O)C[C@H](N(C)C2CC(C)(O)C2)CC3)c2scc(C(=O)O)c2n1. The number of ether oxygens (including phenoxy) is 1. The molecule has 3 heterocycles. The molecule has 2 aliphatic rings. The van der Waals surface area contributed by atoms with Crippen molar-refractivity contribution in [1.29, 1.82) is 0 Å². The summed E-state index contributed by atoms with van der Waals surface area (Å²) in [4.78, 5) is 37.1. The molecule has 2 aliphatic carbocycles. The fourth-order valence-electron chi connectivity index (χ4n) is 6.54. The lowest BCUT2D eigenvalue weighted by Gasteiger charge is -2.48. The summed E-state index contributed by atoms with van der Waals surface area (Å²) in [6.07, 6.45) is 3.86. The minimum absolute atomic E-state index is 0.0256. The Morgan fingerprint density at radius 2 is 1.98 bits per heavy atom. The normalized spacial score (nSPS) is 21.6. The van der Waals surface area contributed by atoms with E-state index in [1.165, 1.54) is 11.3 Å². The number of hydrogen-bond acceptors (Lipinski definition) is 8. The number of carboxylic acids is 1. The van der Waals surface area contributed by atoms with Gasteiger partial charge in [0.25, 0.3) is 5.56 Å². The van der Waals surface area contributed by atoms with Gasteiger partial charge in [-0.3, -0.25) is 19.2 Å². The number of thiophene rings is 1. The second kappa shape index (κ2) is 11.3. The zero-order valence-corrected chi connectivity index (χ0v) is 26.3. The Balaban J connectivity index is 1.23. The monoisotopic (exact) mass is 622 g/mol. The van der Waals surface area contributed by atoms with Crippen LogP contribution in [0.3, 0.4) is 0 Å². The van der Waals surface area contributed by atoms with Crippen LogP contribution in [0.1, 0.15) is 59.3 Å². The van der Waals surface area contributed by atoms with Gasteiger partial charge < -0.3 is 14.9 Å². The van der Waals surface area contributed by atoms with Gasteiger partial charge >= 0.3 is 5.97 Å². The molecule has 1 aromatic carbocycles. The van der Waals surface area contributed by atoms with Crippen LogP contribution in [-0.2, 0) is 19.4 Å². The van der Waals surface area contributed by atoms with E-state index in [4.69, 9.17) is 21.3 Å². The van der Waals surface area contributed by atoms with Gasteiger partial charge in [-0.2, -0.15) is 0 Å². The molecule has 1 saturated carbocycles. The maximum absolute atomic E-state index is 13.7. The van der Waals surface area contributed by atoms with Crippen LogP contribution in [0.4, 0.5) is 0 Å². The van der Waals surface area contributed by atoms with Crippen molar-refractivity contribution in [1.82, 2.24) is 19.4 Å². The Kier molecular flexibility index (Phi) is 7.83. The lowest BCUT2D eigenvalue weighted by molar-refractivity contribution is -0.0822. The summed E-state index contributed by atoms with van der Waals surface area (Å²) in [5.74, 6) is 0.183. The van der Waals surface area contributed by atoms with E-state index in [0.29, 0.717) is 46.8 Å². The number of aliphatic hydroxyl groups is 1.